The zero-order chi connectivity index (χ0) is 11.4. The number of fused-ring (bicyclic) bond motifs is 1. The van der Waals surface area contributed by atoms with Crippen LogP contribution in [0.5, 0.6) is 0 Å². The second-order valence-electron chi connectivity index (χ2n) is 4.12. The number of amides is 1. The van der Waals surface area contributed by atoms with E-state index in [0.717, 1.165) is 25.9 Å². The van der Waals surface area contributed by atoms with E-state index in [1.165, 1.54) is 10.4 Å². The summed E-state index contributed by atoms with van der Waals surface area (Å²) in [5.74, 6) is 0.153. The first-order valence-electron chi connectivity index (χ1n) is 5.87. The number of carbonyl (C=O) groups is 1. The molecule has 0 radical (unpaired) electrons. The highest BCUT2D eigenvalue weighted by atomic mass is 32.1. The highest BCUT2D eigenvalue weighted by molar-refractivity contribution is 7.10. The van der Waals surface area contributed by atoms with Crippen LogP contribution in [0.2, 0.25) is 0 Å². The van der Waals surface area contributed by atoms with Crippen LogP contribution in [0, 0.1) is 0 Å². The van der Waals surface area contributed by atoms with Gasteiger partial charge in [-0.05, 0) is 36.4 Å². The van der Waals surface area contributed by atoms with Crippen LogP contribution in [0.1, 0.15) is 36.2 Å². The van der Waals surface area contributed by atoms with E-state index in [9.17, 15) is 4.79 Å². The lowest BCUT2D eigenvalue weighted by Crippen LogP contribution is -2.34. The predicted molar refractivity (Wildman–Crippen MR) is 66.7 cm³/mol. The van der Waals surface area contributed by atoms with Crippen molar-refractivity contribution in [3.63, 3.8) is 0 Å². The molecule has 3 nitrogen and oxygen atoms in total. The van der Waals surface area contributed by atoms with Crippen LogP contribution in [-0.2, 0) is 11.2 Å². The number of rotatable bonds is 4. The molecule has 88 valence electrons. The maximum absolute atomic E-state index is 11.7. The van der Waals surface area contributed by atoms with Crippen LogP contribution in [0.4, 0.5) is 0 Å². The first-order valence-corrected chi connectivity index (χ1v) is 6.75. The van der Waals surface area contributed by atoms with Crippen LogP contribution in [0.25, 0.3) is 0 Å². The summed E-state index contributed by atoms with van der Waals surface area (Å²) in [7, 11) is 0. The molecule has 2 N–H and O–H groups in total. The minimum Gasteiger partial charge on any atom is -0.356 e. The average Bonchev–Trinajstić information content (AvgIpc) is 2.75. The van der Waals surface area contributed by atoms with Gasteiger partial charge in [0.1, 0.15) is 0 Å². The van der Waals surface area contributed by atoms with Crippen molar-refractivity contribution in [2.45, 2.75) is 32.2 Å². The number of hydrogen-bond donors (Lipinski definition) is 2. The largest absolute Gasteiger partial charge is 0.356 e. The van der Waals surface area contributed by atoms with E-state index in [1.807, 2.05) is 0 Å². The van der Waals surface area contributed by atoms with Gasteiger partial charge in [0.15, 0.2) is 0 Å². The van der Waals surface area contributed by atoms with E-state index in [-0.39, 0.29) is 11.9 Å². The van der Waals surface area contributed by atoms with Gasteiger partial charge in [-0.25, -0.2) is 0 Å². The Balaban J connectivity index is 1.94. The first-order chi connectivity index (χ1) is 7.81. The minimum atomic E-state index is 0.153. The molecule has 1 atom stereocenters. The van der Waals surface area contributed by atoms with E-state index in [1.54, 1.807) is 11.3 Å². The molecule has 0 bridgehead atoms. The molecule has 0 aliphatic carbocycles. The lowest BCUT2D eigenvalue weighted by Gasteiger charge is -2.23. The lowest BCUT2D eigenvalue weighted by molar-refractivity contribution is -0.121. The number of carbonyl (C=O) groups excluding carboxylic acids is 1. The van der Waals surface area contributed by atoms with Crippen LogP contribution < -0.4 is 10.6 Å². The Morgan fingerprint density at radius 1 is 1.69 bits per heavy atom. The maximum atomic E-state index is 11.7. The molecule has 4 heteroatoms. The molecule has 0 saturated heterocycles. The topological polar surface area (TPSA) is 41.1 Å². The van der Waals surface area contributed by atoms with Crippen molar-refractivity contribution < 1.29 is 4.79 Å². The summed E-state index contributed by atoms with van der Waals surface area (Å²) in [6, 6.07) is 2.40. The quantitative estimate of drug-likeness (QED) is 0.840. The summed E-state index contributed by atoms with van der Waals surface area (Å²) in [5.41, 5.74) is 1.41. The molecular formula is C12H18N2OS. The van der Waals surface area contributed by atoms with Crippen molar-refractivity contribution in [3.05, 3.63) is 21.9 Å². The molecule has 16 heavy (non-hydrogen) atoms. The standard InChI is InChI=1S/C12H18N2OS/c1-2-5-14-11(15)8-10-12-9(3-6-13-10)4-7-16-12/h4,7,10,13H,2-3,5-6,8H2,1H3,(H,14,15). The summed E-state index contributed by atoms with van der Waals surface area (Å²) in [6.45, 7) is 3.83. The van der Waals surface area contributed by atoms with Gasteiger partial charge in [0.05, 0.1) is 6.04 Å². The van der Waals surface area contributed by atoms with E-state index in [0.29, 0.717) is 6.42 Å². The van der Waals surface area contributed by atoms with E-state index in [2.05, 4.69) is 29.0 Å². The van der Waals surface area contributed by atoms with Crippen LogP contribution in [0.3, 0.4) is 0 Å². The van der Waals surface area contributed by atoms with Gasteiger partial charge in [-0.15, -0.1) is 11.3 Å². The third-order valence-corrected chi connectivity index (χ3v) is 3.92. The number of nitrogens with one attached hydrogen (secondary N) is 2. The van der Waals surface area contributed by atoms with E-state index in [4.69, 9.17) is 0 Å². The monoisotopic (exact) mass is 238 g/mol. The smallest absolute Gasteiger partial charge is 0.221 e. The number of hydrogen-bond acceptors (Lipinski definition) is 3. The molecule has 0 aromatic carbocycles. The Labute approximate surface area is 100 Å². The van der Waals surface area contributed by atoms with Gasteiger partial charge in [0.25, 0.3) is 0 Å². The fourth-order valence-corrected chi connectivity index (χ4v) is 3.05. The average molecular weight is 238 g/mol. The summed E-state index contributed by atoms with van der Waals surface area (Å²) >= 11 is 1.76. The minimum absolute atomic E-state index is 0.153. The van der Waals surface area contributed by atoms with Gasteiger partial charge in [-0.1, -0.05) is 6.92 Å². The molecular weight excluding hydrogens is 220 g/mol. The van der Waals surface area contributed by atoms with Gasteiger partial charge < -0.3 is 10.6 Å². The van der Waals surface area contributed by atoms with Gasteiger partial charge >= 0.3 is 0 Å². The van der Waals surface area contributed by atoms with Crippen LogP contribution >= 0.6 is 11.3 Å². The summed E-state index contributed by atoms with van der Waals surface area (Å²) in [6.07, 6.45) is 2.65. The molecule has 1 unspecified atom stereocenters. The molecule has 1 aliphatic rings. The highest BCUT2D eigenvalue weighted by Gasteiger charge is 2.22. The van der Waals surface area contributed by atoms with Crippen molar-refractivity contribution in [2.75, 3.05) is 13.1 Å². The van der Waals surface area contributed by atoms with E-state index < -0.39 is 0 Å². The van der Waals surface area contributed by atoms with Crippen LogP contribution in [-0.4, -0.2) is 19.0 Å². The number of thiophene rings is 1. The Kier molecular flexibility index (Phi) is 3.96. The molecule has 2 rings (SSSR count). The third-order valence-electron chi connectivity index (χ3n) is 2.84. The second kappa shape index (κ2) is 5.46. The van der Waals surface area contributed by atoms with Gasteiger partial charge in [0.2, 0.25) is 5.91 Å². The molecule has 1 amide bonds. The van der Waals surface area contributed by atoms with Gasteiger partial charge in [0, 0.05) is 17.8 Å². The molecule has 2 heterocycles. The Morgan fingerprint density at radius 2 is 2.56 bits per heavy atom. The lowest BCUT2D eigenvalue weighted by atomic mass is 10.0. The molecule has 1 aromatic rings. The maximum Gasteiger partial charge on any atom is 0.221 e. The van der Waals surface area contributed by atoms with Crippen molar-refractivity contribution in [2.24, 2.45) is 0 Å². The first kappa shape index (κ1) is 11.6. The highest BCUT2D eigenvalue weighted by Crippen LogP contribution is 2.30. The Bertz CT molecular complexity index is 362. The fourth-order valence-electron chi connectivity index (χ4n) is 2.02. The van der Waals surface area contributed by atoms with Crippen molar-refractivity contribution >= 4 is 17.2 Å². The van der Waals surface area contributed by atoms with E-state index >= 15 is 0 Å². The fraction of sp³-hybridized carbons (Fsp3) is 0.583. The summed E-state index contributed by atoms with van der Waals surface area (Å²) in [4.78, 5) is 13.0. The van der Waals surface area contributed by atoms with Gasteiger partial charge in [-0.3, -0.25) is 4.79 Å². The molecule has 1 aliphatic heterocycles. The van der Waals surface area contributed by atoms with Crippen LogP contribution in [0.15, 0.2) is 11.4 Å². The zero-order valence-corrected chi connectivity index (χ0v) is 10.4. The molecule has 0 saturated carbocycles. The second-order valence-corrected chi connectivity index (χ2v) is 5.07. The van der Waals surface area contributed by atoms with Gasteiger partial charge in [-0.2, -0.15) is 0 Å². The van der Waals surface area contributed by atoms with Crippen molar-refractivity contribution in [1.82, 2.24) is 10.6 Å². The summed E-state index contributed by atoms with van der Waals surface area (Å²) in [5, 5.41) is 8.47. The Hall–Kier alpha value is -0.870. The molecule has 0 fully saturated rings. The normalized spacial score (nSPS) is 19.2. The van der Waals surface area contributed by atoms with Crippen molar-refractivity contribution in [1.29, 1.82) is 0 Å². The SMILES string of the molecule is CCCNC(=O)CC1NCCc2ccsc21. The summed E-state index contributed by atoms with van der Waals surface area (Å²) < 4.78 is 0. The van der Waals surface area contributed by atoms with Crippen molar-refractivity contribution in [3.8, 4) is 0 Å². The molecule has 1 aromatic heterocycles. The Morgan fingerprint density at radius 3 is 3.38 bits per heavy atom. The third kappa shape index (κ3) is 2.62. The zero-order valence-electron chi connectivity index (χ0n) is 9.58. The predicted octanol–water partition coefficient (Wildman–Crippen LogP) is 1.85. The molecule has 0 spiro atoms.